The summed E-state index contributed by atoms with van der Waals surface area (Å²) in [6.07, 6.45) is 4.94. The van der Waals surface area contributed by atoms with Crippen molar-refractivity contribution < 1.29 is 4.79 Å². The molecule has 1 aliphatic heterocycles. The van der Waals surface area contributed by atoms with E-state index < -0.39 is 0 Å². The average molecular weight is 279 g/mol. The number of carbonyl (C=O) groups is 1. The molecule has 3 nitrogen and oxygen atoms in total. The van der Waals surface area contributed by atoms with Crippen molar-refractivity contribution in [2.75, 3.05) is 18.8 Å². The molecule has 0 aromatic carbocycles. The Bertz CT molecular complexity index is 247. The second-order valence-corrected chi connectivity index (χ2v) is 6.38. The molecule has 5 heteroatoms. The van der Waals surface area contributed by atoms with E-state index in [2.05, 4.69) is 17.6 Å². The summed E-state index contributed by atoms with van der Waals surface area (Å²) >= 11 is 2.05. The van der Waals surface area contributed by atoms with Gasteiger partial charge in [0.2, 0.25) is 5.91 Å². The third-order valence-electron chi connectivity index (χ3n) is 3.53. The van der Waals surface area contributed by atoms with Gasteiger partial charge < -0.3 is 10.6 Å². The summed E-state index contributed by atoms with van der Waals surface area (Å²) in [6.45, 7) is 3.95. The van der Waals surface area contributed by atoms with E-state index in [-0.39, 0.29) is 24.2 Å². The largest absolute Gasteiger partial charge is 0.353 e. The van der Waals surface area contributed by atoms with Gasteiger partial charge in [-0.1, -0.05) is 13.3 Å². The van der Waals surface area contributed by atoms with Crippen LogP contribution >= 0.6 is 24.2 Å². The highest BCUT2D eigenvalue weighted by Gasteiger charge is 2.28. The highest BCUT2D eigenvalue weighted by atomic mass is 35.5. The minimum Gasteiger partial charge on any atom is -0.353 e. The van der Waals surface area contributed by atoms with Crippen molar-refractivity contribution in [3.05, 3.63) is 0 Å². The van der Waals surface area contributed by atoms with Gasteiger partial charge in [0.15, 0.2) is 0 Å². The SMILES string of the molecule is CCSC1CCCC(NC(=O)C2CNC2)C1.Cl. The summed E-state index contributed by atoms with van der Waals surface area (Å²) in [5.74, 6) is 1.70. The summed E-state index contributed by atoms with van der Waals surface area (Å²) in [4.78, 5) is 11.8. The number of nitrogens with one attached hydrogen (secondary N) is 2. The van der Waals surface area contributed by atoms with Gasteiger partial charge in [-0.3, -0.25) is 4.79 Å². The van der Waals surface area contributed by atoms with Gasteiger partial charge in [0.1, 0.15) is 0 Å². The zero-order valence-corrected chi connectivity index (χ0v) is 12.0. The lowest BCUT2D eigenvalue weighted by atomic mass is 9.93. The fourth-order valence-electron chi connectivity index (χ4n) is 2.46. The normalized spacial score (nSPS) is 29.0. The van der Waals surface area contributed by atoms with Crippen LogP contribution in [0.25, 0.3) is 0 Å². The quantitative estimate of drug-likeness (QED) is 0.824. The van der Waals surface area contributed by atoms with Crippen LogP contribution < -0.4 is 10.6 Å². The Morgan fingerprint density at radius 1 is 1.41 bits per heavy atom. The molecule has 0 radical (unpaired) electrons. The van der Waals surface area contributed by atoms with Crippen molar-refractivity contribution in [2.24, 2.45) is 5.92 Å². The first-order chi connectivity index (χ1) is 7.79. The lowest BCUT2D eigenvalue weighted by Gasteiger charge is -2.32. The van der Waals surface area contributed by atoms with E-state index in [4.69, 9.17) is 0 Å². The first-order valence-corrected chi connectivity index (χ1v) is 7.47. The van der Waals surface area contributed by atoms with E-state index >= 15 is 0 Å². The Hall–Kier alpha value is 0.0700. The molecule has 2 rings (SSSR count). The Morgan fingerprint density at radius 2 is 2.18 bits per heavy atom. The number of rotatable bonds is 4. The summed E-state index contributed by atoms with van der Waals surface area (Å²) in [5, 5.41) is 7.13. The van der Waals surface area contributed by atoms with Crippen molar-refractivity contribution in [3.63, 3.8) is 0 Å². The standard InChI is InChI=1S/C12H22N2OS.ClH/c1-2-16-11-5-3-4-10(6-11)14-12(15)9-7-13-8-9;/h9-11,13H,2-8H2,1H3,(H,14,15);1H. The molecule has 17 heavy (non-hydrogen) atoms. The molecule has 1 amide bonds. The molecule has 1 saturated carbocycles. The second-order valence-electron chi connectivity index (χ2n) is 4.80. The Labute approximate surface area is 114 Å². The van der Waals surface area contributed by atoms with Gasteiger partial charge in [-0.2, -0.15) is 11.8 Å². The zero-order valence-electron chi connectivity index (χ0n) is 10.4. The minimum absolute atomic E-state index is 0. The summed E-state index contributed by atoms with van der Waals surface area (Å²) in [7, 11) is 0. The number of amides is 1. The van der Waals surface area contributed by atoms with E-state index in [1.807, 2.05) is 11.8 Å². The van der Waals surface area contributed by atoms with Crippen LogP contribution in [0.15, 0.2) is 0 Å². The summed E-state index contributed by atoms with van der Waals surface area (Å²) in [5.41, 5.74) is 0. The van der Waals surface area contributed by atoms with Crippen molar-refractivity contribution in [2.45, 2.75) is 43.9 Å². The van der Waals surface area contributed by atoms with Crippen LogP contribution in [0.2, 0.25) is 0 Å². The summed E-state index contributed by atoms with van der Waals surface area (Å²) in [6, 6.07) is 0.436. The van der Waals surface area contributed by atoms with Crippen LogP contribution in [0.4, 0.5) is 0 Å². The van der Waals surface area contributed by atoms with Crippen LogP contribution in [0.1, 0.15) is 32.6 Å². The predicted octanol–water partition coefficient (Wildman–Crippen LogP) is 1.81. The van der Waals surface area contributed by atoms with Gasteiger partial charge >= 0.3 is 0 Å². The van der Waals surface area contributed by atoms with Gasteiger partial charge in [0, 0.05) is 24.4 Å². The van der Waals surface area contributed by atoms with E-state index in [1.165, 1.54) is 31.4 Å². The molecule has 0 spiro atoms. The van der Waals surface area contributed by atoms with Crippen LogP contribution in [-0.4, -0.2) is 36.0 Å². The fourth-order valence-corrected chi connectivity index (χ4v) is 3.63. The van der Waals surface area contributed by atoms with E-state index in [0.29, 0.717) is 6.04 Å². The number of carbonyl (C=O) groups excluding carboxylic acids is 1. The molecule has 0 bridgehead atoms. The Kier molecular flexibility index (Phi) is 6.67. The van der Waals surface area contributed by atoms with Crippen molar-refractivity contribution in [3.8, 4) is 0 Å². The molecule has 2 atom stereocenters. The number of hydrogen-bond acceptors (Lipinski definition) is 3. The van der Waals surface area contributed by atoms with Gasteiger partial charge in [0.05, 0.1) is 5.92 Å². The number of hydrogen-bond donors (Lipinski definition) is 2. The fraction of sp³-hybridized carbons (Fsp3) is 0.917. The molecule has 1 aliphatic carbocycles. The Morgan fingerprint density at radius 3 is 2.76 bits per heavy atom. The van der Waals surface area contributed by atoms with Gasteiger partial charge in [-0.15, -0.1) is 12.4 Å². The van der Waals surface area contributed by atoms with Crippen molar-refractivity contribution in [1.82, 2.24) is 10.6 Å². The number of thioether (sulfide) groups is 1. The number of halogens is 1. The first kappa shape index (κ1) is 15.1. The molecular weight excluding hydrogens is 256 g/mol. The lowest BCUT2D eigenvalue weighted by Crippen LogP contribution is -2.53. The molecule has 2 fully saturated rings. The molecule has 2 aliphatic rings. The maximum absolute atomic E-state index is 11.8. The van der Waals surface area contributed by atoms with Crippen LogP contribution in [0.3, 0.4) is 0 Å². The van der Waals surface area contributed by atoms with Crippen molar-refractivity contribution >= 4 is 30.1 Å². The molecule has 2 unspecified atom stereocenters. The minimum atomic E-state index is 0. The molecule has 1 heterocycles. The topological polar surface area (TPSA) is 41.1 Å². The van der Waals surface area contributed by atoms with E-state index in [9.17, 15) is 4.79 Å². The zero-order chi connectivity index (χ0) is 11.4. The Balaban J connectivity index is 0.00000144. The second kappa shape index (κ2) is 7.49. The van der Waals surface area contributed by atoms with Crippen LogP contribution in [-0.2, 0) is 4.79 Å². The monoisotopic (exact) mass is 278 g/mol. The molecular formula is C12H23ClN2OS. The third kappa shape index (κ3) is 4.34. The van der Waals surface area contributed by atoms with Gasteiger partial charge in [0.25, 0.3) is 0 Å². The molecule has 100 valence electrons. The van der Waals surface area contributed by atoms with Gasteiger partial charge in [-0.05, 0) is 25.0 Å². The van der Waals surface area contributed by atoms with Gasteiger partial charge in [-0.25, -0.2) is 0 Å². The maximum atomic E-state index is 11.8. The molecule has 0 aromatic heterocycles. The highest BCUT2D eigenvalue weighted by molar-refractivity contribution is 7.99. The third-order valence-corrected chi connectivity index (χ3v) is 4.76. The smallest absolute Gasteiger partial charge is 0.225 e. The first-order valence-electron chi connectivity index (χ1n) is 6.42. The van der Waals surface area contributed by atoms with Crippen LogP contribution in [0, 0.1) is 5.92 Å². The molecule has 1 saturated heterocycles. The van der Waals surface area contributed by atoms with E-state index in [0.717, 1.165) is 18.3 Å². The molecule has 0 aromatic rings. The lowest BCUT2D eigenvalue weighted by molar-refractivity contribution is -0.127. The predicted molar refractivity (Wildman–Crippen MR) is 75.9 cm³/mol. The van der Waals surface area contributed by atoms with Crippen molar-refractivity contribution in [1.29, 1.82) is 0 Å². The average Bonchev–Trinajstić information content (AvgIpc) is 2.15. The molecule has 2 N–H and O–H groups in total. The maximum Gasteiger partial charge on any atom is 0.225 e. The highest BCUT2D eigenvalue weighted by Crippen LogP contribution is 2.28. The van der Waals surface area contributed by atoms with E-state index in [1.54, 1.807) is 0 Å². The van der Waals surface area contributed by atoms with Crippen LogP contribution in [0.5, 0.6) is 0 Å². The summed E-state index contributed by atoms with van der Waals surface area (Å²) < 4.78 is 0.